The number of benzene rings is 1. The third-order valence-corrected chi connectivity index (χ3v) is 4.74. The number of rotatable bonds is 4. The lowest BCUT2D eigenvalue weighted by atomic mass is 9.78. The standard InChI is InChI=1S/C18H29N/c1-13(2)17-7-5-6-8-18(17)19-12-16-11-14(3)9-10-15(16)4/h9-11,13,17-19H,5-8,12H2,1-4H3. The van der Waals surface area contributed by atoms with Crippen molar-refractivity contribution >= 4 is 0 Å². The van der Waals surface area contributed by atoms with Crippen LogP contribution in [-0.4, -0.2) is 6.04 Å². The highest BCUT2D eigenvalue weighted by Crippen LogP contribution is 2.30. The van der Waals surface area contributed by atoms with Crippen LogP contribution in [0, 0.1) is 25.7 Å². The Bertz CT molecular complexity index is 408. The normalized spacial score (nSPS) is 23.8. The summed E-state index contributed by atoms with van der Waals surface area (Å²) in [6, 6.07) is 7.49. The van der Waals surface area contributed by atoms with Gasteiger partial charge in [0.25, 0.3) is 0 Å². The molecule has 106 valence electrons. The quantitative estimate of drug-likeness (QED) is 0.832. The molecular formula is C18H29N. The van der Waals surface area contributed by atoms with Gasteiger partial charge in [-0.3, -0.25) is 0 Å². The van der Waals surface area contributed by atoms with Crippen LogP contribution in [0.4, 0.5) is 0 Å². The summed E-state index contributed by atoms with van der Waals surface area (Å²) >= 11 is 0. The molecule has 1 aromatic carbocycles. The van der Waals surface area contributed by atoms with Crippen molar-refractivity contribution in [2.75, 3.05) is 0 Å². The predicted molar refractivity (Wildman–Crippen MR) is 83.3 cm³/mol. The van der Waals surface area contributed by atoms with E-state index in [1.165, 1.54) is 42.4 Å². The van der Waals surface area contributed by atoms with Gasteiger partial charge in [-0.05, 0) is 49.7 Å². The van der Waals surface area contributed by atoms with Gasteiger partial charge in [-0.1, -0.05) is 50.5 Å². The molecule has 0 heterocycles. The summed E-state index contributed by atoms with van der Waals surface area (Å²) in [5.41, 5.74) is 4.24. The number of nitrogens with one attached hydrogen (secondary N) is 1. The van der Waals surface area contributed by atoms with Gasteiger partial charge in [0.15, 0.2) is 0 Å². The molecule has 1 aromatic rings. The SMILES string of the molecule is Cc1ccc(C)c(CNC2CCCCC2C(C)C)c1. The molecule has 0 aliphatic heterocycles. The van der Waals surface area contributed by atoms with E-state index in [1.807, 2.05) is 0 Å². The zero-order chi connectivity index (χ0) is 13.8. The zero-order valence-corrected chi connectivity index (χ0v) is 13.0. The van der Waals surface area contributed by atoms with E-state index in [0.29, 0.717) is 6.04 Å². The maximum atomic E-state index is 3.84. The molecule has 1 heteroatoms. The summed E-state index contributed by atoms with van der Waals surface area (Å²) in [4.78, 5) is 0. The molecule has 0 spiro atoms. The second-order valence-electron chi connectivity index (χ2n) is 6.61. The molecule has 1 saturated carbocycles. The van der Waals surface area contributed by atoms with E-state index in [2.05, 4.69) is 51.2 Å². The first-order valence-electron chi connectivity index (χ1n) is 7.87. The van der Waals surface area contributed by atoms with E-state index in [4.69, 9.17) is 0 Å². The second-order valence-corrected chi connectivity index (χ2v) is 6.61. The third kappa shape index (κ3) is 3.82. The molecule has 1 aliphatic carbocycles. The summed E-state index contributed by atoms with van der Waals surface area (Å²) < 4.78 is 0. The average Bonchev–Trinajstić information content (AvgIpc) is 2.40. The third-order valence-electron chi connectivity index (χ3n) is 4.74. The molecule has 1 fully saturated rings. The summed E-state index contributed by atoms with van der Waals surface area (Å²) in [5, 5.41) is 3.84. The van der Waals surface area contributed by atoms with Crippen LogP contribution in [0.1, 0.15) is 56.2 Å². The van der Waals surface area contributed by atoms with E-state index in [-0.39, 0.29) is 0 Å². The summed E-state index contributed by atoms with van der Waals surface area (Å²) in [6.45, 7) is 10.2. The zero-order valence-electron chi connectivity index (χ0n) is 13.0. The van der Waals surface area contributed by atoms with Crippen molar-refractivity contribution in [3.05, 3.63) is 34.9 Å². The Hall–Kier alpha value is -0.820. The van der Waals surface area contributed by atoms with Gasteiger partial charge in [-0.2, -0.15) is 0 Å². The van der Waals surface area contributed by atoms with E-state index >= 15 is 0 Å². The average molecular weight is 259 g/mol. The minimum absolute atomic E-state index is 0.716. The lowest BCUT2D eigenvalue weighted by molar-refractivity contribution is 0.204. The largest absolute Gasteiger partial charge is 0.310 e. The van der Waals surface area contributed by atoms with Crippen molar-refractivity contribution in [3.63, 3.8) is 0 Å². The molecule has 1 aliphatic rings. The molecule has 2 atom stereocenters. The van der Waals surface area contributed by atoms with Gasteiger partial charge in [-0.15, -0.1) is 0 Å². The van der Waals surface area contributed by atoms with E-state index in [9.17, 15) is 0 Å². The van der Waals surface area contributed by atoms with Crippen LogP contribution in [0.5, 0.6) is 0 Å². The van der Waals surface area contributed by atoms with Gasteiger partial charge in [0.1, 0.15) is 0 Å². The van der Waals surface area contributed by atoms with Gasteiger partial charge in [0.2, 0.25) is 0 Å². The Morgan fingerprint density at radius 3 is 2.63 bits per heavy atom. The molecule has 0 amide bonds. The van der Waals surface area contributed by atoms with Crippen LogP contribution in [-0.2, 0) is 6.54 Å². The molecule has 2 rings (SSSR count). The molecule has 19 heavy (non-hydrogen) atoms. The number of aryl methyl sites for hydroxylation is 2. The summed E-state index contributed by atoms with van der Waals surface area (Å²) in [5.74, 6) is 1.66. The molecule has 0 aromatic heterocycles. The Balaban J connectivity index is 1.98. The van der Waals surface area contributed by atoms with Crippen LogP contribution in [0.2, 0.25) is 0 Å². The minimum atomic E-state index is 0.716. The van der Waals surface area contributed by atoms with E-state index in [0.717, 1.165) is 18.4 Å². The maximum Gasteiger partial charge on any atom is 0.0210 e. The van der Waals surface area contributed by atoms with Crippen LogP contribution < -0.4 is 5.32 Å². The van der Waals surface area contributed by atoms with Crippen molar-refractivity contribution in [3.8, 4) is 0 Å². The monoisotopic (exact) mass is 259 g/mol. The van der Waals surface area contributed by atoms with Crippen LogP contribution in [0.3, 0.4) is 0 Å². The Morgan fingerprint density at radius 1 is 1.16 bits per heavy atom. The highest BCUT2D eigenvalue weighted by atomic mass is 14.9. The van der Waals surface area contributed by atoms with Crippen LogP contribution in [0.25, 0.3) is 0 Å². The molecule has 1 nitrogen and oxygen atoms in total. The number of hydrogen-bond acceptors (Lipinski definition) is 1. The molecule has 0 radical (unpaired) electrons. The first-order chi connectivity index (χ1) is 9.08. The van der Waals surface area contributed by atoms with Crippen molar-refractivity contribution in [1.29, 1.82) is 0 Å². The fourth-order valence-corrected chi connectivity index (χ4v) is 3.44. The highest BCUT2D eigenvalue weighted by Gasteiger charge is 2.26. The van der Waals surface area contributed by atoms with Gasteiger partial charge in [-0.25, -0.2) is 0 Å². The van der Waals surface area contributed by atoms with Gasteiger partial charge in [0, 0.05) is 12.6 Å². The van der Waals surface area contributed by atoms with Crippen molar-refractivity contribution in [2.24, 2.45) is 11.8 Å². The fraction of sp³-hybridized carbons (Fsp3) is 0.667. The van der Waals surface area contributed by atoms with E-state index < -0.39 is 0 Å². The molecule has 1 N–H and O–H groups in total. The van der Waals surface area contributed by atoms with E-state index in [1.54, 1.807) is 0 Å². The van der Waals surface area contributed by atoms with Crippen molar-refractivity contribution in [2.45, 2.75) is 66.0 Å². The van der Waals surface area contributed by atoms with Gasteiger partial charge in [0.05, 0.1) is 0 Å². The molecule has 0 saturated heterocycles. The summed E-state index contributed by atoms with van der Waals surface area (Å²) in [7, 11) is 0. The van der Waals surface area contributed by atoms with Crippen LogP contribution in [0.15, 0.2) is 18.2 Å². The Kier molecular flexibility index (Phi) is 5.04. The topological polar surface area (TPSA) is 12.0 Å². The molecule has 0 bridgehead atoms. The fourth-order valence-electron chi connectivity index (χ4n) is 3.44. The van der Waals surface area contributed by atoms with Crippen LogP contribution >= 0.6 is 0 Å². The first-order valence-corrected chi connectivity index (χ1v) is 7.87. The molecular weight excluding hydrogens is 230 g/mol. The van der Waals surface area contributed by atoms with Gasteiger partial charge >= 0.3 is 0 Å². The first kappa shape index (κ1) is 14.6. The Labute approximate surface area is 118 Å². The lowest BCUT2D eigenvalue weighted by Gasteiger charge is -2.35. The molecule has 2 unspecified atom stereocenters. The van der Waals surface area contributed by atoms with Gasteiger partial charge < -0.3 is 5.32 Å². The lowest BCUT2D eigenvalue weighted by Crippen LogP contribution is -2.40. The number of hydrogen-bond donors (Lipinski definition) is 1. The second kappa shape index (κ2) is 6.56. The smallest absolute Gasteiger partial charge is 0.0210 e. The summed E-state index contributed by atoms with van der Waals surface area (Å²) in [6.07, 6.45) is 5.58. The minimum Gasteiger partial charge on any atom is -0.310 e. The predicted octanol–water partition coefficient (Wildman–Crippen LogP) is 4.61. The Morgan fingerprint density at radius 2 is 1.89 bits per heavy atom. The van der Waals surface area contributed by atoms with Crippen molar-refractivity contribution in [1.82, 2.24) is 5.32 Å². The maximum absolute atomic E-state index is 3.84. The highest BCUT2D eigenvalue weighted by molar-refractivity contribution is 5.30. The van der Waals surface area contributed by atoms with Crippen molar-refractivity contribution < 1.29 is 0 Å².